The highest BCUT2D eigenvalue weighted by Crippen LogP contribution is 2.43. The lowest BCUT2D eigenvalue weighted by atomic mass is 10.0. The van der Waals surface area contributed by atoms with Crippen molar-refractivity contribution in [3.8, 4) is 0 Å². The Kier molecular flexibility index (Phi) is 72.8. The summed E-state index contributed by atoms with van der Waals surface area (Å²) in [6.07, 6.45) is 97.8. The van der Waals surface area contributed by atoms with E-state index in [2.05, 4.69) is 74.6 Å². The van der Waals surface area contributed by atoms with E-state index in [4.69, 9.17) is 24.3 Å². The molecule has 0 aliphatic heterocycles. The molecule has 9 nitrogen and oxygen atoms in total. The number of nitrogens with two attached hydrogens (primary N) is 1. The smallest absolute Gasteiger partial charge is 0.462 e. The Bertz CT molecular complexity index is 1640. The second kappa shape index (κ2) is 74.7. The minimum absolute atomic E-state index is 0.0551. The van der Waals surface area contributed by atoms with Gasteiger partial charge in [0, 0.05) is 19.4 Å². The van der Waals surface area contributed by atoms with Crippen LogP contribution in [0, 0.1) is 0 Å². The number of esters is 2. The van der Waals surface area contributed by atoms with Gasteiger partial charge in [-0.15, -0.1) is 0 Å². The van der Waals surface area contributed by atoms with Gasteiger partial charge in [0.2, 0.25) is 0 Å². The first-order valence-corrected chi connectivity index (χ1v) is 40.3. The van der Waals surface area contributed by atoms with Crippen molar-refractivity contribution >= 4 is 19.8 Å². The Balaban J connectivity index is 3.78. The number of carbonyl (C=O) groups is 2. The largest absolute Gasteiger partial charge is 0.472 e. The number of phosphoric ester groups is 1. The molecule has 3 N–H and O–H groups in total. The zero-order chi connectivity index (χ0) is 64.4. The fourth-order valence-electron chi connectivity index (χ4n) is 11.6. The van der Waals surface area contributed by atoms with Crippen LogP contribution < -0.4 is 5.73 Å². The first kappa shape index (κ1) is 86.7. The van der Waals surface area contributed by atoms with E-state index in [0.717, 1.165) is 51.4 Å². The predicted octanol–water partition coefficient (Wildman–Crippen LogP) is 25.8. The molecule has 10 heteroatoms. The summed E-state index contributed by atoms with van der Waals surface area (Å²) in [6.45, 7) is 3.79. The summed E-state index contributed by atoms with van der Waals surface area (Å²) in [4.78, 5) is 35.4. The van der Waals surface area contributed by atoms with Crippen LogP contribution >= 0.6 is 7.82 Å². The maximum absolute atomic E-state index is 12.8. The van der Waals surface area contributed by atoms with Crippen molar-refractivity contribution < 1.29 is 37.6 Å². The molecule has 0 aliphatic carbocycles. The molecular formula is C79H148NO8P. The Morgan fingerprint density at radius 1 is 0.337 bits per heavy atom. The Labute approximate surface area is 552 Å². The number of phosphoric acid groups is 1. The van der Waals surface area contributed by atoms with Gasteiger partial charge in [0.05, 0.1) is 13.2 Å². The Hall–Kier alpha value is -2.29. The average molecular weight is 1270 g/mol. The topological polar surface area (TPSA) is 134 Å². The van der Waals surface area contributed by atoms with E-state index < -0.39 is 26.5 Å². The lowest BCUT2D eigenvalue weighted by Gasteiger charge is -2.19. The SMILES string of the molecule is CCCCCCC/C=C\C/C=C\C/C=C\CCCCCCCCCCCCCCCCCCCCCCCCC(=O)OC(COC(=O)CCCCCCCCCCCCCCCCCCCCC/C=C\C/C=C\CCCCCCC)COP(=O)(O)OCCN. The lowest BCUT2D eigenvalue weighted by molar-refractivity contribution is -0.161. The summed E-state index contributed by atoms with van der Waals surface area (Å²) in [5, 5.41) is 0. The van der Waals surface area contributed by atoms with Crippen LogP contribution in [0.4, 0.5) is 0 Å². The van der Waals surface area contributed by atoms with Crippen molar-refractivity contribution in [3.05, 3.63) is 60.8 Å². The molecule has 2 unspecified atom stereocenters. The molecule has 0 aliphatic rings. The number of carbonyl (C=O) groups excluding carboxylic acids is 2. The second-order valence-electron chi connectivity index (χ2n) is 26.2. The van der Waals surface area contributed by atoms with E-state index >= 15 is 0 Å². The number of allylic oxidation sites excluding steroid dienone is 10. The maximum atomic E-state index is 12.8. The van der Waals surface area contributed by atoms with Crippen LogP contribution in [0.15, 0.2) is 60.8 Å². The third-order valence-corrected chi connectivity index (χ3v) is 18.4. The predicted molar refractivity (Wildman–Crippen MR) is 386 cm³/mol. The third-order valence-electron chi connectivity index (χ3n) is 17.4. The molecule has 522 valence electrons. The third kappa shape index (κ3) is 74.6. The van der Waals surface area contributed by atoms with Gasteiger partial charge in [0.15, 0.2) is 6.10 Å². The van der Waals surface area contributed by atoms with Gasteiger partial charge in [-0.2, -0.15) is 0 Å². The number of rotatable bonds is 74. The van der Waals surface area contributed by atoms with Crippen molar-refractivity contribution in [1.29, 1.82) is 0 Å². The van der Waals surface area contributed by atoms with Gasteiger partial charge in [0.25, 0.3) is 0 Å². The van der Waals surface area contributed by atoms with Crippen LogP contribution in [0.5, 0.6) is 0 Å². The van der Waals surface area contributed by atoms with Crippen molar-refractivity contribution in [2.24, 2.45) is 5.73 Å². The molecule has 0 radical (unpaired) electrons. The molecule has 0 spiro atoms. The van der Waals surface area contributed by atoms with Crippen molar-refractivity contribution in [3.63, 3.8) is 0 Å². The first-order chi connectivity index (χ1) is 43.8. The van der Waals surface area contributed by atoms with E-state index in [1.165, 1.54) is 315 Å². The molecule has 0 fully saturated rings. The second-order valence-corrected chi connectivity index (χ2v) is 27.7. The molecule has 0 aromatic heterocycles. The van der Waals surface area contributed by atoms with Crippen molar-refractivity contribution in [2.45, 2.75) is 405 Å². The normalized spacial score (nSPS) is 13.2. The fraction of sp³-hybridized carbons (Fsp3) is 0.848. The van der Waals surface area contributed by atoms with Crippen LogP contribution in [0.2, 0.25) is 0 Å². The summed E-state index contributed by atoms with van der Waals surface area (Å²) in [5.41, 5.74) is 5.41. The molecule has 0 saturated heterocycles. The monoisotopic (exact) mass is 1270 g/mol. The Morgan fingerprint density at radius 3 is 0.865 bits per heavy atom. The summed E-state index contributed by atoms with van der Waals surface area (Å²) < 4.78 is 33.3. The van der Waals surface area contributed by atoms with Gasteiger partial charge in [-0.25, -0.2) is 4.57 Å². The molecule has 0 aromatic carbocycles. The van der Waals surface area contributed by atoms with Crippen LogP contribution in [-0.2, 0) is 32.7 Å². The van der Waals surface area contributed by atoms with E-state index in [0.29, 0.717) is 6.42 Å². The summed E-state index contributed by atoms with van der Waals surface area (Å²) in [5.74, 6) is -0.805. The molecule has 0 saturated carbocycles. The van der Waals surface area contributed by atoms with Gasteiger partial charge in [0.1, 0.15) is 6.61 Å². The molecule has 0 amide bonds. The van der Waals surface area contributed by atoms with Crippen LogP contribution in [-0.4, -0.2) is 49.3 Å². The standard InChI is InChI=1S/C79H148NO8P/c1-3-5-7-9-11-13-15-17-19-21-23-25-27-29-31-33-35-36-37-38-39-40-42-44-46-48-50-52-54-56-58-60-62-64-66-68-70-72-79(82)88-77(76-87-89(83,84)86-74-73-80)75-85-78(81)71-69-67-65-63-61-59-57-55-53-51-49-47-45-43-41-34-32-30-28-26-24-22-20-18-16-14-12-10-8-6-4-2/h15-18,21-24,27,29,77H,3-14,19-20,25-26,28,30-76,80H2,1-2H3,(H,83,84)/b17-15-,18-16-,23-21-,24-22-,29-27-. The van der Waals surface area contributed by atoms with Crippen LogP contribution in [0.3, 0.4) is 0 Å². The summed E-state index contributed by atoms with van der Waals surface area (Å²) in [7, 11) is -4.39. The number of ether oxygens (including phenoxy) is 2. The van der Waals surface area contributed by atoms with Gasteiger partial charge in [-0.3, -0.25) is 18.6 Å². The minimum Gasteiger partial charge on any atom is -0.462 e. The summed E-state index contributed by atoms with van der Waals surface area (Å²) in [6, 6.07) is 0. The first-order valence-electron chi connectivity index (χ1n) is 38.8. The van der Waals surface area contributed by atoms with E-state index in [1.54, 1.807) is 0 Å². The highest BCUT2D eigenvalue weighted by Gasteiger charge is 2.26. The van der Waals surface area contributed by atoms with Gasteiger partial charge in [-0.1, -0.05) is 364 Å². The number of hydrogen-bond donors (Lipinski definition) is 2. The molecule has 0 heterocycles. The zero-order valence-electron chi connectivity index (χ0n) is 58.9. The van der Waals surface area contributed by atoms with Crippen LogP contribution in [0.1, 0.15) is 399 Å². The molecule has 0 aromatic rings. The molecule has 2 atom stereocenters. The van der Waals surface area contributed by atoms with E-state index in [9.17, 15) is 19.0 Å². The van der Waals surface area contributed by atoms with Crippen molar-refractivity contribution in [1.82, 2.24) is 0 Å². The number of hydrogen-bond acceptors (Lipinski definition) is 8. The highest BCUT2D eigenvalue weighted by molar-refractivity contribution is 7.47. The maximum Gasteiger partial charge on any atom is 0.472 e. The van der Waals surface area contributed by atoms with E-state index in [1.807, 2.05) is 0 Å². The highest BCUT2D eigenvalue weighted by atomic mass is 31.2. The minimum atomic E-state index is -4.39. The lowest BCUT2D eigenvalue weighted by Crippen LogP contribution is -2.29. The summed E-state index contributed by atoms with van der Waals surface area (Å²) >= 11 is 0. The average Bonchev–Trinajstić information content (AvgIpc) is 3.68. The fourth-order valence-corrected chi connectivity index (χ4v) is 12.4. The van der Waals surface area contributed by atoms with Crippen molar-refractivity contribution in [2.75, 3.05) is 26.4 Å². The molecule has 89 heavy (non-hydrogen) atoms. The van der Waals surface area contributed by atoms with E-state index in [-0.39, 0.29) is 38.6 Å². The van der Waals surface area contributed by atoms with Gasteiger partial charge >= 0.3 is 19.8 Å². The zero-order valence-corrected chi connectivity index (χ0v) is 59.8. The molecule has 0 bridgehead atoms. The van der Waals surface area contributed by atoms with Gasteiger partial charge in [-0.05, 0) is 83.5 Å². The van der Waals surface area contributed by atoms with Gasteiger partial charge < -0.3 is 20.1 Å². The number of unbranched alkanes of at least 4 members (excludes halogenated alkanes) is 51. The molecular weight excluding hydrogens is 1120 g/mol. The van der Waals surface area contributed by atoms with Crippen LogP contribution in [0.25, 0.3) is 0 Å². The quantitative estimate of drug-likeness (QED) is 0.0264. The Morgan fingerprint density at radius 2 is 0.584 bits per heavy atom. The molecule has 0 rings (SSSR count).